The largest absolute Gasteiger partial charge is 0.381 e. The van der Waals surface area contributed by atoms with Crippen LogP contribution in [0.3, 0.4) is 0 Å². The highest BCUT2D eigenvalue weighted by atomic mass is 16.6. The molecule has 3 N–H and O–H groups in total. The van der Waals surface area contributed by atoms with E-state index in [9.17, 15) is 10.1 Å². The Balaban J connectivity index is 2.24. The van der Waals surface area contributed by atoms with Gasteiger partial charge in [-0.25, -0.2) is 10.8 Å². The normalized spacial score (nSPS) is 16.4. The van der Waals surface area contributed by atoms with Gasteiger partial charge in [-0.2, -0.15) is 4.98 Å². The maximum Gasteiger partial charge on any atom is 0.329 e. The lowest BCUT2D eigenvalue weighted by Gasteiger charge is -2.31. The Morgan fingerprint density at radius 1 is 1.58 bits per heavy atom. The van der Waals surface area contributed by atoms with Crippen molar-refractivity contribution in [2.24, 2.45) is 5.84 Å². The zero-order chi connectivity index (χ0) is 13.8. The maximum atomic E-state index is 11.0. The Labute approximate surface area is 109 Å². The van der Waals surface area contributed by atoms with Crippen LogP contribution in [0.25, 0.3) is 0 Å². The summed E-state index contributed by atoms with van der Waals surface area (Å²) in [5.74, 6) is 5.69. The lowest BCUT2D eigenvalue weighted by molar-refractivity contribution is -0.384. The summed E-state index contributed by atoms with van der Waals surface area (Å²) in [5, 5.41) is 11.0. The maximum absolute atomic E-state index is 11.0. The monoisotopic (exact) mass is 268 g/mol. The van der Waals surface area contributed by atoms with Gasteiger partial charge < -0.3 is 9.64 Å². The lowest BCUT2D eigenvalue weighted by atomic mass is 10.1. The molecular formula is C10H16N6O3. The Kier molecular flexibility index (Phi) is 4.07. The van der Waals surface area contributed by atoms with E-state index >= 15 is 0 Å². The van der Waals surface area contributed by atoms with Crippen molar-refractivity contribution in [2.45, 2.75) is 18.9 Å². The predicted octanol–water partition coefficient (Wildman–Crippen LogP) is 0.286. The number of anilines is 2. The number of piperidine rings is 1. The smallest absolute Gasteiger partial charge is 0.329 e. The highest BCUT2D eigenvalue weighted by molar-refractivity contribution is 5.59. The van der Waals surface area contributed by atoms with E-state index < -0.39 is 4.92 Å². The van der Waals surface area contributed by atoms with Gasteiger partial charge in [0.05, 0.1) is 11.0 Å². The van der Waals surface area contributed by atoms with Crippen molar-refractivity contribution in [3.8, 4) is 0 Å². The molecule has 1 aromatic heterocycles. The first-order valence-corrected chi connectivity index (χ1v) is 5.91. The van der Waals surface area contributed by atoms with Gasteiger partial charge in [0, 0.05) is 20.2 Å². The summed E-state index contributed by atoms with van der Waals surface area (Å²) >= 11 is 0. The highest BCUT2D eigenvalue weighted by Gasteiger charge is 2.26. The molecule has 104 valence electrons. The quantitative estimate of drug-likeness (QED) is 0.454. The van der Waals surface area contributed by atoms with Gasteiger partial charge in [0.1, 0.15) is 6.20 Å². The number of methoxy groups -OCH3 is 1. The number of hydrazine groups is 1. The van der Waals surface area contributed by atoms with Crippen LogP contribution in [0.15, 0.2) is 6.20 Å². The highest BCUT2D eigenvalue weighted by Crippen LogP contribution is 2.28. The van der Waals surface area contributed by atoms with Crippen LogP contribution in [-0.4, -0.2) is 41.2 Å². The number of nitrogens with one attached hydrogen (secondary N) is 1. The SMILES string of the molecule is COC1CCN(c2nc(NN)ncc2[N+](=O)[O-])CC1. The minimum absolute atomic E-state index is 0.116. The summed E-state index contributed by atoms with van der Waals surface area (Å²) in [5.41, 5.74) is 2.18. The summed E-state index contributed by atoms with van der Waals surface area (Å²) in [7, 11) is 1.67. The fourth-order valence-electron chi connectivity index (χ4n) is 2.10. The second-order valence-corrected chi connectivity index (χ2v) is 4.23. The molecule has 1 aliphatic rings. The van der Waals surface area contributed by atoms with Crippen LogP contribution < -0.4 is 16.2 Å². The average Bonchev–Trinajstić information content (AvgIpc) is 2.46. The molecule has 0 aliphatic carbocycles. The van der Waals surface area contributed by atoms with E-state index in [1.54, 1.807) is 7.11 Å². The van der Waals surface area contributed by atoms with E-state index in [4.69, 9.17) is 10.6 Å². The average molecular weight is 268 g/mol. The lowest BCUT2D eigenvalue weighted by Crippen LogP contribution is -2.37. The fourth-order valence-corrected chi connectivity index (χ4v) is 2.10. The minimum Gasteiger partial charge on any atom is -0.381 e. The summed E-state index contributed by atoms with van der Waals surface area (Å²) in [6, 6.07) is 0. The van der Waals surface area contributed by atoms with Gasteiger partial charge in [-0.1, -0.05) is 0 Å². The summed E-state index contributed by atoms with van der Waals surface area (Å²) in [6.07, 6.45) is 2.98. The molecule has 0 unspecified atom stereocenters. The number of nitrogen functional groups attached to an aromatic ring is 1. The standard InChI is InChI=1S/C10H16N6O3/c1-19-7-2-4-15(5-3-7)9-8(16(17)18)6-12-10(13-9)14-11/h6-7H,2-5,11H2,1H3,(H,12,13,14). The number of hydrogen-bond donors (Lipinski definition) is 2. The Morgan fingerprint density at radius 3 is 2.79 bits per heavy atom. The van der Waals surface area contributed by atoms with Crippen LogP contribution >= 0.6 is 0 Å². The van der Waals surface area contributed by atoms with Crippen molar-refractivity contribution in [3.05, 3.63) is 16.3 Å². The van der Waals surface area contributed by atoms with Crippen LogP contribution in [-0.2, 0) is 4.74 Å². The molecular weight excluding hydrogens is 252 g/mol. The Bertz CT molecular complexity index is 461. The molecule has 1 fully saturated rings. The molecule has 9 nitrogen and oxygen atoms in total. The molecule has 1 aliphatic heterocycles. The Morgan fingerprint density at radius 2 is 2.26 bits per heavy atom. The van der Waals surface area contributed by atoms with Crippen molar-refractivity contribution in [3.63, 3.8) is 0 Å². The van der Waals surface area contributed by atoms with E-state index in [0.29, 0.717) is 18.9 Å². The van der Waals surface area contributed by atoms with Gasteiger partial charge in [-0.05, 0) is 12.8 Å². The molecule has 1 aromatic rings. The first kappa shape index (κ1) is 13.4. The van der Waals surface area contributed by atoms with E-state index in [1.807, 2.05) is 4.90 Å². The molecule has 0 amide bonds. The van der Waals surface area contributed by atoms with Crippen LogP contribution in [0.1, 0.15) is 12.8 Å². The number of hydrogen-bond acceptors (Lipinski definition) is 8. The topological polar surface area (TPSA) is 119 Å². The molecule has 0 bridgehead atoms. The third kappa shape index (κ3) is 2.88. The van der Waals surface area contributed by atoms with Crippen LogP contribution in [0.5, 0.6) is 0 Å². The number of nitrogens with two attached hydrogens (primary N) is 1. The van der Waals surface area contributed by atoms with Gasteiger partial charge >= 0.3 is 5.69 Å². The predicted molar refractivity (Wildman–Crippen MR) is 68.7 cm³/mol. The van der Waals surface area contributed by atoms with Gasteiger partial charge in [0.2, 0.25) is 11.8 Å². The van der Waals surface area contributed by atoms with Crippen LogP contribution in [0, 0.1) is 10.1 Å². The van der Waals surface area contributed by atoms with E-state index in [-0.39, 0.29) is 17.7 Å². The van der Waals surface area contributed by atoms with Gasteiger partial charge in [0.25, 0.3) is 0 Å². The van der Waals surface area contributed by atoms with E-state index in [1.165, 1.54) is 6.20 Å². The number of aromatic nitrogens is 2. The first-order chi connectivity index (χ1) is 9.15. The Hall–Kier alpha value is -2.00. The second kappa shape index (κ2) is 5.76. The van der Waals surface area contributed by atoms with Crippen molar-refractivity contribution in [1.29, 1.82) is 0 Å². The van der Waals surface area contributed by atoms with Crippen molar-refractivity contribution in [1.82, 2.24) is 9.97 Å². The van der Waals surface area contributed by atoms with Crippen LogP contribution in [0.2, 0.25) is 0 Å². The number of rotatable bonds is 4. The molecule has 0 spiro atoms. The fraction of sp³-hybridized carbons (Fsp3) is 0.600. The van der Waals surface area contributed by atoms with E-state index in [0.717, 1.165) is 12.8 Å². The molecule has 2 heterocycles. The zero-order valence-electron chi connectivity index (χ0n) is 10.6. The second-order valence-electron chi connectivity index (χ2n) is 4.23. The van der Waals surface area contributed by atoms with E-state index in [2.05, 4.69) is 15.4 Å². The molecule has 1 saturated heterocycles. The van der Waals surface area contributed by atoms with Crippen molar-refractivity contribution in [2.75, 3.05) is 30.5 Å². The molecule has 19 heavy (non-hydrogen) atoms. The molecule has 0 atom stereocenters. The molecule has 0 aromatic carbocycles. The summed E-state index contributed by atoms with van der Waals surface area (Å²) in [4.78, 5) is 20.2. The number of nitro groups is 1. The van der Waals surface area contributed by atoms with Crippen molar-refractivity contribution >= 4 is 17.5 Å². The van der Waals surface area contributed by atoms with Crippen LogP contribution in [0.4, 0.5) is 17.5 Å². The van der Waals surface area contributed by atoms with Crippen molar-refractivity contribution < 1.29 is 9.66 Å². The molecule has 0 radical (unpaired) electrons. The first-order valence-electron chi connectivity index (χ1n) is 5.91. The number of ether oxygens (including phenoxy) is 1. The van der Waals surface area contributed by atoms with Gasteiger partial charge in [-0.15, -0.1) is 0 Å². The molecule has 9 heteroatoms. The van der Waals surface area contributed by atoms with Gasteiger partial charge in [-0.3, -0.25) is 15.5 Å². The third-order valence-corrected chi connectivity index (χ3v) is 3.15. The minimum atomic E-state index is -0.488. The number of nitrogens with zero attached hydrogens (tertiary/aromatic N) is 4. The third-order valence-electron chi connectivity index (χ3n) is 3.15. The summed E-state index contributed by atoms with van der Waals surface area (Å²) < 4.78 is 5.27. The summed E-state index contributed by atoms with van der Waals surface area (Å²) in [6.45, 7) is 1.31. The zero-order valence-corrected chi connectivity index (χ0v) is 10.6. The molecule has 0 saturated carbocycles. The molecule has 2 rings (SSSR count). The van der Waals surface area contributed by atoms with Gasteiger partial charge in [0.15, 0.2) is 0 Å².